The monoisotopic (exact) mass is 324 g/mol. The Hall–Kier alpha value is -1.56. The van der Waals surface area contributed by atoms with Gasteiger partial charge in [-0.2, -0.15) is 0 Å². The largest absolute Gasteiger partial charge is 0.357 e. The number of guanidine groups is 1. The summed E-state index contributed by atoms with van der Waals surface area (Å²) in [6.45, 7) is 10.7. The van der Waals surface area contributed by atoms with Crippen molar-refractivity contribution in [2.75, 3.05) is 19.6 Å². The number of carbonyl (C=O) groups is 1. The number of thiophene rings is 1. The van der Waals surface area contributed by atoms with Gasteiger partial charge in [0, 0.05) is 35.3 Å². The Bertz CT molecular complexity index is 482. The van der Waals surface area contributed by atoms with E-state index in [0.29, 0.717) is 19.6 Å². The normalized spacial score (nSPS) is 11.6. The summed E-state index contributed by atoms with van der Waals surface area (Å²) in [5.41, 5.74) is 0. The van der Waals surface area contributed by atoms with Crippen LogP contribution in [0.2, 0.25) is 0 Å². The zero-order chi connectivity index (χ0) is 16.4. The molecule has 0 aliphatic rings. The van der Waals surface area contributed by atoms with Gasteiger partial charge in [-0.05, 0) is 25.5 Å². The quantitative estimate of drug-likeness (QED) is 0.390. The number of carbonyl (C=O) groups excluding carboxylic acids is 1. The molecular formula is C16H28N4OS. The molecule has 22 heavy (non-hydrogen) atoms. The maximum Gasteiger partial charge on any atom is 0.222 e. The van der Waals surface area contributed by atoms with Crippen molar-refractivity contribution in [3.63, 3.8) is 0 Å². The van der Waals surface area contributed by atoms with Gasteiger partial charge in [0.05, 0.1) is 6.54 Å². The van der Waals surface area contributed by atoms with E-state index in [0.717, 1.165) is 18.9 Å². The highest BCUT2D eigenvalue weighted by atomic mass is 32.1. The van der Waals surface area contributed by atoms with E-state index in [1.54, 1.807) is 0 Å². The Balaban J connectivity index is 2.40. The number of hydrogen-bond donors (Lipinski definition) is 3. The molecule has 0 unspecified atom stereocenters. The average molecular weight is 324 g/mol. The molecule has 0 saturated carbocycles. The lowest BCUT2D eigenvalue weighted by molar-refractivity contribution is -0.123. The summed E-state index contributed by atoms with van der Waals surface area (Å²) in [5, 5.41) is 9.33. The molecule has 1 heterocycles. The topological polar surface area (TPSA) is 65.5 Å². The number of amides is 1. The van der Waals surface area contributed by atoms with Gasteiger partial charge in [0.2, 0.25) is 5.91 Å². The van der Waals surface area contributed by atoms with Crippen LogP contribution in [0.3, 0.4) is 0 Å². The van der Waals surface area contributed by atoms with Gasteiger partial charge >= 0.3 is 0 Å². The molecule has 0 aliphatic carbocycles. The molecule has 0 aliphatic heterocycles. The minimum atomic E-state index is 0.0218. The summed E-state index contributed by atoms with van der Waals surface area (Å²) in [5.74, 6) is 0.885. The minimum absolute atomic E-state index is 0.0218. The molecule has 0 atom stereocenters. The van der Waals surface area contributed by atoms with Crippen LogP contribution in [-0.2, 0) is 17.8 Å². The van der Waals surface area contributed by atoms with Crippen molar-refractivity contribution < 1.29 is 4.79 Å². The van der Waals surface area contributed by atoms with Crippen molar-refractivity contribution in [2.45, 2.75) is 40.7 Å². The Labute approximate surface area is 137 Å². The zero-order valence-corrected chi connectivity index (χ0v) is 14.8. The van der Waals surface area contributed by atoms with Crippen molar-refractivity contribution in [3.8, 4) is 0 Å². The van der Waals surface area contributed by atoms with E-state index in [4.69, 9.17) is 0 Å². The van der Waals surface area contributed by atoms with Crippen LogP contribution in [0.4, 0.5) is 0 Å². The zero-order valence-electron chi connectivity index (χ0n) is 14.0. The number of nitrogens with one attached hydrogen (secondary N) is 3. The molecule has 124 valence electrons. The molecule has 1 amide bonds. The second-order valence-electron chi connectivity index (χ2n) is 5.29. The van der Waals surface area contributed by atoms with Gasteiger partial charge in [-0.25, -0.2) is 4.99 Å². The fraction of sp³-hybridized carbons (Fsp3) is 0.625. The maximum atomic E-state index is 11.5. The van der Waals surface area contributed by atoms with Gasteiger partial charge in [-0.3, -0.25) is 4.79 Å². The van der Waals surface area contributed by atoms with Gasteiger partial charge in [0.15, 0.2) is 5.96 Å². The van der Waals surface area contributed by atoms with Gasteiger partial charge < -0.3 is 16.0 Å². The summed E-state index contributed by atoms with van der Waals surface area (Å²) < 4.78 is 0. The molecule has 0 saturated heterocycles. The average Bonchev–Trinajstić information content (AvgIpc) is 2.96. The van der Waals surface area contributed by atoms with Gasteiger partial charge in [0.1, 0.15) is 0 Å². The fourth-order valence-corrected chi connectivity index (χ4v) is 2.65. The first-order valence-corrected chi connectivity index (χ1v) is 8.75. The van der Waals surface area contributed by atoms with Crippen LogP contribution >= 0.6 is 11.3 Å². The third-order valence-corrected chi connectivity index (χ3v) is 4.26. The molecule has 6 heteroatoms. The summed E-state index contributed by atoms with van der Waals surface area (Å²) >= 11 is 1.81. The third-order valence-electron chi connectivity index (χ3n) is 3.04. The third kappa shape index (κ3) is 6.93. The van der Waals surface area contributed by atoms with Gasteiger partial charge in [0.25, 0.3) is 0 Å². The highest BCUT2D eigenvalue weighted by Gasteiger charge is 2.05. The van der Waals surface area contributed by atoms with Crippen molar-refractivity contribution in [3.05, 3.63) is 21.9 Å². The predicted molar refractivity (Wildman–Crippen MR) is 94.4 cm³/mol. The molecule has 0 spiro atoms. The van der Waals surface area contributed by atoms with Crippen molar-refractivity contribution in [2.24, 2.45) is 10.9 Å². The van der Waals surface area contributed by atoms with Crippen LogP contribution in [0.25, 0.3) is 0 Å². The van der Waals surface area contributed by atoms with Gasteiger partial charge in [-0.15, -0.1) is 11.3 Å². The van der Waals surface area contributed by atoms with Crippen molar-refractivity contribution in [1.29, 1.82) is 0 Å². The first-order valence-electron chi connectivity index (χ1n) is 7.94. The lowest BCUT2D eigenvalue weighted by atomic mass is 10.2. The predicted octanol–water partition coefficient (Wildman–Crippen LogP) is 2.14. The van der Waals surface area contributed by atoms with Crippen LogP contribution in [-0.4, -0.2) is 31.5 Å². The minimum Gasteiger partial charge on any atom is -0.357 e. The summed E-state index contributed by atoms with van der Waals surface area (Å²) in [7, 11) is 0. The molecule has 3 N–H and O–H groups in total. The number of aryl methyl sites for hydroxylation is 1. The maximum absolute atomic E-state index is 11.5. The Morgan fingerprint density at radius 3 is 2.41 bits per heavy atom. The summed E-state index contributed by atoms with van der Waals surface area (Å²) in [6.07, 6.45) is 1.07. The van der Waals surface area contributed by atoms with E-state index in [2.05, 4.69) is 40.0 Å². The molecule has 1 aromatic rings. The van der Waals surface area contributed by atoms with Gasteiger partial charge in [-0.1, -0.05) is 20.8 Å². The molecule has 1 aromatic heterocycles. The molecule has 0 fully saturated rings. The lowest BCUT2D eigenvalue weighted by Gasteiger charge is -2.12. The van der Waals surface area contributed by atoms with Crippen LogP contribution < -0.4 is 16.0 Å². The van der Waals surface area contributed by atoms with Crippen LogP contribution in [0, 0.1) is 5.92 Å². The fourth-order valence-electron chi connectivity index (χ4n) is 1.77. The second-order valence-corrected chi connectivity index (χ2v) is 6.54. The first kappa shape index (κ1) is 18.5. The highest BCUT2D eigenvalue weighted by Crippen LogP contribution is 2.17. The van der Waals surface area contributed by atoms with E-state index < -0.39 is 0 Å². The lowest BCUT2D eigenvalue weighted by Crippen LogP contribution is -2.42. The highest BCUT2D eigenvalue weighted by molar-refractivity contribution is 7.11. The molecular weight excluding hydrogens is 296 g/mol. The van der Waals surface area contributed by atoms with E-state index in [-0.39, 0.29) is 11.8 Å². The molecule has 0 bridgehead atoms. The van der Waals surface area contributed by atoms with E-state index >= 15 is 0 Å². The van der Waals surface area contributed by atoms with E-state index in [1.807, 2.05) is 32.1 Å². The van der Waals surface area contributed by atoms with E-state index in [1.165, 1.54) is 9.75 Å². The number of aliphatic imine (C=N–C) groups is 1. The first-order chi connectivity index (χ1) is 10.6. The molecule has 1 rings (SSSR count). The Kier molecular flexibility index (Phi) is 8.58. The SMILES string of the molecule is CCNC(=NCc1ccc(CC)s1)NCCNC(=O)C(C)C. The molecule has 0 radical (unpaired) electrons. The van der Waals surface area contributed by atoms with Crippen molar-refractivity contribution >= 4 is 23.2 Å². The van der Waals surface area contributed by atoms with E-state index in [9.17, 15) is 4.79 Å². The standard InChI is InChI=1S/C16H28N4OS/c1-5-13-7-8-14(22-13)11-20-16(17-6-2)19-10-9-18-15(21)12(3)4/h7-8,12H,5-6,9-11H2,1-4H3,(H,18,21)(H2,17,19,20). The smallest absolute Gasteiger partial charge is 0.222 e. The van der Waals surface area contributed by atoms with Crippen molar-refractivity contribution in [1.82, 2.24) is 16.0 Å². The summed E-state index contributed by atoms with van der Waals surface area (Å²) in [4.78, 5) is 18.7. The number of rotatable bonds is 8. The number of hydrogen-bond acceptors (Lipinski definition) is 3. The van der Waals surface area contributed by atoms with Crippen LogP contribution in [0.1, 0.15) is 37.4 Å². The summed E-state index contributed by atoms with van der Waals surface area (Å²) in [6, 6.07) is 4.30. The Morgan fingerprint density at radius 2 is 1.82 bits per heavy atom. The second kappa shape index (κ2) is 10.2. The molecule has 0 aromatic carbocycles. The van der Waals surface area contributed by atoms with Crippen LogP contribution in [0.15, 0.2) is 17.1 Å². The molecule has 5 nitrogen and oxygen atoms in total. The van der Waals surface area contributed by atoms with Crippen LogP contribution in [0.5, 0.6) is 0 Å². The Morgan fingerprint density at radius 1 is 1.14 bits per heavy atom. The number of nitrogens with zero attached hydrogens (tertiary/aromatic N) is 1.